The summed E-state index contributed by atoms with van der Waals surface area (Å²) < 4.78 is 39.8. The highest BCUT2D eigenvalue weighted by Gasteiger charge is 2.34. The number of nitriles is 1. The number of aromatic amines is 1. The number of benzene rings is 2. The van der Waals surface area contributed by atoms with Crippen molar-refractivity contribution < 1.29 is 13.2 Å². The molecule has 0 amide bonds. The fourth-order valence-corrected chi connectivity index (χ4v) is 2.21. The number of nitrogens with zero attached hydrogens (tertiary/aromatic N) is 2. The summed E-state index contributed by atoms with van der Waals surface area (Å²) in [6, 6.07) is 10.4. The van der Waals surface area contributed by atoms with Gasteiger partial charge in [0.15, 0.2) is 0 Å². The lowest BCUT2D eigenvalue weighted by Crippen LogP contribution is -2.07. The number of hydrogen-bond acceptors (Lipinski definition) is 2. The Bertz CT molecular complexity index is 856. The van der Waals surface area contributed by atoms with Gasteiger partial charge in [0.2, 0.25) is 0 Å². The van der Waals surface area contributed by atoms with Gasteiger partial charge < -0.3 is 4.98 Å². The van der Waals surface area contributed by atoms with Gasteiger partial charge in [0, 0.05) is 0 Å². The Balaban J connectivity index is 2.31. The summed E-state index contributed by atoms with van der Waals surface area (Å²) in [7, 11) is 0. The lowest BCUT2D eigenvalue weighted by atomic mass is 9.97. The Hall–Kier alpha value is -2.81. The minimum absolute atomic E-state index is 0.0131. The topological polar surface area (TPSA) is 52.5 Å². The first-order valence-corrected chi connectivity index (χ1v) is 6.04. The zero-order valence-electron chi connectivity index (χ0n) is 10.6. The van der Waals surface area contributed by atoms with E-state index in [1.165, 1.54) is 18.5 Å². The molecule has 0 radical (unpaired) electrons. The molecule has 1 N–H and O–H groups in total. The van der Waals surface area contributed by atoms with E-state index in [0.29, 0.717) is 22.2 Å². The zero-order chi connectivity index (χ0) is 15.0. The summed E-state index contributed by atoms with van der Waals surface area (Å²) in [5.41, 5.74) is 0.672. The first-order valence-electron chi connectivity index (χ1n) is 6.04. The van der Waals surface area contributed by atoms with Crippen LogP contribution in [0.25, 0.3) is 22.2 Å². The van der Waals surface area contributed by atoms with Crippen LogP contribution in [0.5, 0.6) is 0 Å². The van der Waals surface area contributed by atoms with Crippen LogP contribution in [-0.2, 0) is 6.18 Å². The fourth-order valence-electron chi connectivity index (χ4n) is 2.21. The Labute approximate surface area is 117 Å². The summed E-state index contributed by atoms with van der Waals surface area (Å²) in [5.74, 6) is 0. The molecule has 0 saturated carbocycles. The SMILES string of the molecule is N#Cc1cccc(-c2cc3nc[nH]c3cc2C(F)(F)F)c1. The smallest absolute Gasteiger partial charge is 0.345 e. The van der Waals surface area contributed by atoms with Gasteiger partial charge in [-0.1, -0.05) is 12.1 Å². The number of fused-ring (bicyclic) bond motifs is 1. The minimum Gasteiger partial charge on any atom is -0.345 e. The average Bonchev–Trinajstić information content (AvgIpc) is 2.92. The van der Waals surface area contributed by atoms with E-state index in [1.807, 2.05) is 6.07 Å². The van der Waals surface area contributed by atoms with E-state index in [1.54, 1.807) is 18.2 Å². The molecule has 0 spiro atoms. The molecule has 0 aliphatic carbocycles. The molecule has 21 heavy (non-hydrogen) atoms. The van der Waals surface area contributed by atoms with Crippen LogP contribution >= 0.6 is 0 Å². The summed E-state index contributed by atoms with van der Waals surface area (Å²) in [6.07, 6.45) is -3.14. The maximum absolute atomic E-state index is 13.3. The van der Waals surface area contributed by atoms with Crippen LogP contribution < -0.4 is 0 Å². The Morgan fingerprint density at radius 2 is 1.95 bits per heavy atom. The lowest BCUT2D eigenvalue weighted by Gasteiger charge is -2.13. The molecule has 104 valence electrons. The van der Waals surface area contributed by atoms with Crippen molar-refractivity contribution in [2.75, 3.05) is 0 Å². The number of hydrogen-bond donors (Lipinski definition) is 1. The highest BCUT2D eigenvalue weighted by molar-refractivity contribution is 5.84. The second kappa shape index (κ2) is 4.63. The van der Waals surface area contributed by atoms with E-state index >= 15 is 0 Å². The number of aromatic nitrogens is 2. The summed E-state index contributed by atoms with van der Waals surface area (Å²) >= 11 is 0. The second-order valence-corrected chi connectivity index (χ2v) is 4.51. The van der Waals surface area contributed by atoms with Crippen molar-refractivity contribution in [3.05, 3.63) is 53.9 Å². The largest absolute Gasteiger partial charge is 0.417 e. The minimum atomic E-state index is -4.49. The third kappa shape index (κ3) is 2.34. The van der Waals surface area contributed by atoms with Crippen molar-refractivity contribution in [1.82, 2.24) is 9.97 Å². The van der Waals surface area contributed by atoms with E-state index < -0.39 is 11.7 Å². The van der Waals surface area contributed by atoms with Gasteiger partial charge in [-0.15, -0.1) is 0 Å². The van der Waals surface area contributed by atoms with Gasteiger partial charge in [0.05, 0.1) is 34.6 Å². The third-order valence-corrected chi connectivity index (χ3v) is 3.17. The van der Waals surface area contributed by atoms with E-state index in [-0.39, 0.29) is 5.56 Å². The number of halogens is 3. The predicted molar refractivity (Wildman–Crippen MR) is 71.2 cm³/mol. The van der Waals surface area contributed by atoms with Crippen LogP contribution in [0, 0.1) is 11.3 Å². The summed E-state index contributed by atoms with van der Waals surface area (Å²) in [4.78, 5) is 6.65. The van der Waals surface area contributed by atoms with Crippen LogP contribution in [-0.4, -0.2) is 9.97 Å². The molecule has 0 aliphatic rings. The normalized spacial score (nSPS) is 11.5. The van der Waals surface area contributed by atoms with Crippen molar-refractivity contribution in [1.29, 1.82) is 5.26 Å². The molecule has 0 atom stereocenters. The van der Waals surface area contributed by atoms with Gasteiger partial charge >= 0.3 is 6.18 Å². The molecule has 3 nitrogen and oxygen atoms in total. The van der Waals surface area contributed by atoms with Crippen LogP contribution in [0.1, 0.15) is 11.1 Å². The van der Waals surface area contributed by atoms with Gasteiger partial charge in [-0.25, -0.2) is 4.98 Å². The van der Waals surface area contributed by atoms with Gasteiger partial charge in [-0.2, -0.15) is 18.4 Å². The molecule has 0 bridgehead atoms. The molecule has 6 heteroatoms. The number of nitrogens with one attached hydrogen (secondary N) is 1. The molecule has 3 aromatic rings. The predicted octanol–water partition coefficient (Wildman–Crippen LogP) is 4.12. The molecule has 3 rings (SSSR count). The maximum atomic E-state index is 13.3. The first kappa shape index (κ1) is 13.2. The number of imidazole rings is 1. The molecule has 0 saturated heterocycles. The first-order chi connectivity index (χ1) is 9.99. The molecule has 1 heterocycles. The highest BCUT2D eigenvalue weighted by atomic mass is 19.4. The van der Waals surface area contributed by atoms with E-state index in [9.17, 15) is 13.2 Å². The van der Waals surface area contributed by atoms with Crippen LogP contribution in [0.2, 0.25) is 0 Å². The van der Waals surface area contributed by atoms with Gasteiger partial charge in [0.1, 0.15) is 0 Å². The molecule has 0 fully saturated rings. The lowest BCUT2D eigenvalue weighted by molar-refractivity contribution is -0.137. The molecule has 2 aromatic carbocycles. The van der Waals surface area contributed by atoms with Crippen molar-refractivity contribution in [2.24, 2.45) is 0 Å². The van der Waals surface area contributed by atoms with E-state index in [0.717, 1.165) is 6.07 Å². The Kier molecular flexibility index (Phi) is 2.91. The fraction of sp³-hybridized carbons (Fsp3) is 0.0667. The van der Waals surface area contributed by atoms with Gasteiger partial charge in [-0.3, -0.25) is 0 Å². The third-order valence-electron chi connectivity index (χ3n) is 3.17. The van der Waals surface area contributed by atoms with Gasteiger partial charge in [0.25, 0.3) is 0 Å². The average molecular weight is 287 g/mol. The molecular formula is C15H8F3N3. The molecule has 0 unspecified atom stereocenters. The number of alkyl halides is 3. The summed E-state index contributed by atoms with van der Waals surface area (Å²) in [5, 5.41) is 8.89. The molecular weight excluding hydrogens is 279 g/mol. The number of H-pyrrole nitrogens is 1. The summed E-state index contributed by atoms with van der Waals surface area (Å²) in [6.45, 7) is 0. The maximum Gasteiger partial charge on any atom is 0.417 e. The Morgan fingerprint density at radius 1 is 1.14 bits per heavy atom. The monoisotopic (exact) mass is 287 g/mol. The van der Waals surface area contributed by atoms with Crippen molar-refractivity contribution in [2.45, 2.75) is 6.18 Å². The molecule has 1 aromatic heterocycles. The highest BCUT2D eigenvalue weighted by Crippen LogP contribution is 2.39. The Morgan fingerprint density at radius 3 is 2.67 bits per heavy atom. The van der Waals surface area contributed by atoms with Crippen LogP contribution in [0.3, 0.4) is 0 Å². The van der Waals surface area contributed by atoms with E-state index in [4.69, 9.17) is 5.26 Å². The quantitative estimate of drug-likeness (QED) is 0.732. The van der Waals surface area contributed by atoms with Crippen molar-refractivity contribution in [3.63, 3.8) is 0 Å². The van der Waals surface area contributed by atoms with Crippen LogP contribution in [0.15, 0.2) is 42.7 Å². The standard InChI is InChI=1S/C15H8F3N3/c16-15(17,18)12-6-14-13(20-8-21-14)5-11(12)10-3-1-2-9(4-10)7-19/h1-6,8H,(H,20,21). The zero-order valence-corrected chi connectivity index (χ0v) is 10.6. The van der Waals surface area contributed by atoms with Crippen LogP contribution in [0.4, 0.5) is 13.2 Å². The van der Waals surface area contributed by atoms with Crippen molar-refractivity contribution in [3.8, 4) is 17.2 Å². The number of rotatable bonds is 1. The van der Waals surface area contributed by atoms with Gasteiger partial charge in [-0.05, 0) is 35.4 Å². The van der Waals surface area contributed by atoms with Crippen molar-refractivity contribution >= 4 is 11.0 Å². The molecule has 0 aliphatic heterocycles. The second-order valence-electron chi connectivity index (χ2n) is 4.51. The van der Waals surface area contributed by atoms with E-state index in [2.05, 4.69) is 9.97 Å².